The fourth-order valence-corrected chi connectivity index (χ4v) is 1.94. The predicted octanol–water partition coefficient (Wildman–Crippen LogP) is 1.37. The van der Waals surface area contributed by atoms with Crippen LogP contribution < -0.4 is 11.1 Å². The molecule has 15 heavy (non-hydrogen) atoms. The van der Waals surface area contributed by atoms with E-state index >= 15 is 0 Å². The first kappa shape index (κ1) is 12.9. The lowest BCUT2D eigenvalue weighted by Crippen LogP contribution is -2.44. The second-order valence-corrected chi connectivity index (χ2v) is 4.87. The lowest BCUT2D eigenvalue weighted by Gasteiger charge is -2.24. The number of nitrogens with one attached hydrogen (secondary N) is 1. The topological polar surface area (TPSA) is 47.3 Å². The summed E-state index contributed by atoms with van der Waals surface area (Å²) < 4.78 is 5.38. The van der Waals surface area contributed by atoms with Crippen molar-refractivity contribution in [2.45, 2.75) is 45.7 Å². The minimum absolute atomic E-state index is 0.278. The van der Waals surface area contributed by atoms with E-state index in [4.69, 9.17) is 10.5 Å². The summed E-state index contributed by atoms with van der Waals surface area (Å²) >= 11 is 0. The molecule has 0 radical (unpaired) electrons. The summed E-state index contributed by atoms with van der Waals surface area (Å²) in [6.07, 6.45) is 2.34. The molecule has 4 atom stereocenters. The summed E-state index contributed by atoms with van der Waals surface area (Å²) in [5.74, 6) is 1.28. The van der Waals surface area contributed by atoms with Gasteiger partial charge in [0.1, 0.15) is 0 Å². The summed E-state index contributed by atoms with van der Waals surface area (Å²) in [5.41, 5.74) is 6.08. The molecule has 3 N–H and O–H groups in total. The molecule has 0 aromatic rings. The van der Waals surface area contributed by atoms with Crippen LogP contribution in [0.2, 0.25) is 0 Å². The molecule has 1 heterocycles. The molecule has 0 aliphatic carbocycles. The number of ether oxygens (including phenoxy) is 1. The van der Waals surface area contributed by atoms with Crippen LogP contribution in [0.4, 0.5) is 0 Å². The summed E-state index contributed by atoms with van der Waals surface area (Å²) in [6.45, 7) is 9.41. The molecular formula is C12H26N2O. The van der Waals surface area contributed by atoms with Crippen LogP contribution in [0.3, 0.4) is 0 Å². The Labute approximate surface area is 93.8 Å². The molecule has 0 aromatic carbocycles. The Kier molecular flexibility index (Phi) is 5.58. The van der Waals surface area contributed by atoms with E-state index in [2.05, 4.69) is 26.1 Å². The first-order valence-electron chi connectivity index (χ1n) is 6.21. The van der Waals surface area contributed by atoms with Crippen molar-refractivity contribution >= 4 is 0 Å². The van der Waals surface area contributed by atoms with Crippen LogP contribution in [0, 0.1) is 11.8 Å². The van der Waals surface area contributed by atoms with E-state index in [-0.39, 0.29) is 6.04 Å². The third-order valence-electron chi connectivity index (χ3n) is 3.72. The first-order valence-corrected chi connectivity index (χ1v) is 6.21. The maximum atomic E-state index is 6.08. The fraction of sp³-hybridized carbons (Fsp3) is 1.00. The van der Waals surface area contributed by atoms with E-state index in [1.807, 2.05) is 0 Å². The molecular weight excluding hydrogens is 188 g/mol. The Balaban J connectivity index is 2.17. The van der Waals surface area contributed by atoms with Gasteiger partial charge in [-0.15, -0.1) is 0 Å². The van der Waals surface area contributed by atoms with Crippen LogP contribution in [0.5, 0.6) is 0 Å². The average Bonchev–Trinajstić information content (AvgIpc) is 2.77. The van der Waals surface area contributed by atoms with Gasteiger partial charge in [-0.05, 0) is 25.2 Å². The second kappa shape index (κ2) is 6.46. The van der Waals surface area contributed by atoms with Gasteiger partial charge in [0.05, 0.1) is 6.61 Å². The summed E-state index contributed by atoms with van der Waals surface area (Å²) in [4.78, 5) is 0. The van der Waals surface area contributed by atoms with Crippen molar-refractivity contribution in [1.29, 1.82) is 0 Å². The van der Waals surface area contributed by atoms with Gasteiger partial charge in [0.25, 0.3) is 0 Å². The Morgan fingerprint density at radius 3 is 2.73 bits per heavy atom. The van der Waals surface area contributed by atoms with Crippen LogP contribution in [0.25, 0.3) is 0 Å². The highest BCUT2D eigenvalue weighted by molar-refractivity contribution is 4.79. The standard InChI is InChI=1S/C12H26N2O/c1-4-9(2)12(13)7-14-10(3)11-5-6-15-8-11/h9-12,14H,4-8,13H2,1-3H3. The minimum atomic E-state index is 0.278. The van der Waals surface area contributed by atoms with Crippen molar-refractivity contribution < 1.29 is 4.74 Å². The van der Waals surface area contributed by atoms with Crippen LogP contribution in [0.1, 0.15) is 33.6 Å². The van der Waals surface area contributed by atoms with Crippen molar-refractivity contribution in [2.24, 2.45) is 17.6 Å². The van der Waals surface area contributed by atoms with Crippen molar-refractivity contribution in [1.82, 2.24) is 5.32 Å². The molecule has 0 saturated carbocycles. The van der Waals surface area contributed by atoms with Crippen molar-refractivity contribution in [3.8, 4) is 0 Å². The van der Waals surface area contributed by atoms with Crippen molar-refractivity contribution in [3.63, 3.8) is 0 Å². The van der Waals surface area contributed by atoms with Crippen LogP contribution in [-0.2, 0) is 4.74 Å². The largest absolute Gasteiger partial charge is 0.381 e. The molecule has 1 aliphatic heterocycles. The van der Waals surface area contributed by atoms with Crippen molar-refractivity contribution in [3.05, 3.63) is 0 Å². The normalized spacial score (nSPS) is 27.6. The highest BCUT2D eigenvalue weighted by Crippen LogP contribution is 2.16. The smallest absolute Gasteiger partial charge is 0.0509 e. The van der Waals surface area contributed by atoms with Crippen LogP contribution >= 0.6 is 0 Å². The molecule has 3 heteroatoms. The molecule has 0 spiro atoms. The monoisotopic (exact) mass is 214 g/mol. The van der Waals surface area contributed by atoms with Crippen molar-refractivity contribution in [2.75, 3.05) is 19.8 Å². The molecule has 1 saturated heterocycles. The maximum Gasteiger partial charge on any atom is 0.0509 e. The molecule has 0 aromatic heterocycles. The first-order chi connectivity index (χ1) is 7.15. The van der Waals surface area contributed by atoms with Gasteiger partial charge in [-0.2, -0.15) is 0 Å². The van der Waals surface area contributed by atoms with E-state index < -0.39 is 0 Å². The number of hydrogen-bond donors (Lipinski definition) is 2. The maximum absolute atomic E-state index is 6.08. The van der Waals surface area contributed by atoms with Gasteiger partial charge in [-0.25, -0.2) is 0 Å². The van der Waals surface area contributed by atoms with E-state index in [0.717, 1.165) is 26.2 Å². The third-order valence-corrected chi connectivity index (χ3v) is 3.72. The lowest BCUT2D eigenvalue weighted by atomic mass is 9.97. The summed E-state index contributed by atoms with van der Waals surface area (Å²) in [6, 6.07) is 0.808. The van der Waals surface area contributed by atoms with E-state index in [0.29, 0.717) is 17.9 Å². The average molecular weight is 214 g/mol. The molecule has 3 nitrogen and oxygen atoms in total. The van der Waals surface area contributed by atoms with Gasteiger partial charge < -0.3 is 15.8 Å². The quantitative estimate of drug-likeness (QED) is 0.702. The second-order valence-electron chi connectivity index (χ2n) is 4.87. The molecule has 90 valence electrons. The molecule has 1 fully saturated rings. The number of rotatable bonds is 6. The fourth-order valence-electron chi connectivity index (χ4n) is 1.94. The summed E-state index contributed by atoms with van der Waals surface area (Å²) in [5, 5.41) is 3.53. The van der Waals surface area contributed by atoms with E-state index in [1.54, 1.807) is 0 Å². The third kappa shape index (κ3) is 4.09. The zero-order valence-corrected chi connectivity index (χ0v) is 10.3. The van der Waals surface area contributed by atoms with Gasteiger partial charge in [0.15, 0.2) is 0 Å². The minimum Gasteiger partial charge on any atom is -0.381 e. The zero-order valence-electron chi connectivity index (χ0n) is 10.3. The van der Waals surface area contributed by atoms with Gasteiger partial charge in [0, 0.05) is 25.2 Å². The zero-order chi connectivity index (χ0) is 11.3. The highest BCUT2D eigenvalue weighted by atomic mass is 16.5. The lowest BCUT2D eigenvalue weighted by molar-refractivity contribution is 0.177. The Hall–Kier alpha value is -0.120. The van der Waals surface area contributed by atoms with Crippen LogP contribution in [0.15, 0.2) is 0 Å². The molecule has 0 bridgehead atoms. The molecule has 0 amide bonds. The summed E-state index contributed by atoms with van der Waals surface area (Å²) in [7, 11) is 0. The SMILES string of the molecule is CCC(C)C(N)CNC(C)C1CCOC1. The van der Waals surface area contributed by atoms with E-state index in [1.165, 1.54) is 6.42 Å². The Morgan fingerprint density at radius 1 is 1.47 bits per heavy atom. The Morgan fingerprint density at radius 2 is 2.20 bits per heavy atom. The van der Waals surface area contributed by atoms with Gasteiger partial charge in [0.2, 0.25) is 0 Å². The molecule has 4 unspecified atom stereocenters. The molecule has 1 rings (SSSR count). The number of hydrogen-bond acceptors (Lipinski definition) is 3. The van der Waals surface area contributed by atoms with E-state index in [9.17, 15) is 0 Å². The Bertz CT molecular complexity index is 169. The predicted molar refractivity (Wildman–Crippen MR) is 63.8 cm³/mol. The van der Waals surface area contributed by atoms with Crippen LogP contribution in [-0.4, -0.2) is 31.8 Å². The van der Waals surface area contributed by atoms with Gasteiger partial charge in [-0.3, -0.25) is 0 Å². The van der Waals surface area contributed by atoms with Gasteiger partial charge >= 0.3 is 0 Å². The number of nitrogens with two attached hydrogens (primary N) is 1. The molecule has 1 aliphatic rings. The van der Waals surface area contributed by atoms with Gasteiger partial charge in [-0.1, -0.05) is 20.3 Å². The highest BCUT2D eigenvalue weighted by Gasteiger charge is 2.22.